The molecule has 1 heterocycles. The van der Waals surface area contributed by atoms with Crippen molar-refractivity contribution >= 4 is 17.3 Å². The number of hydrogen-bond donors (Lipinski definition) is 1. The largest absolute Gasteiger partial charge is 0.493 e. The maximum Gasteiger partial charge on any atom is 0.231 e. The van der Waals surface area contributed by atoms with Gasteiger partial charge < -0.3 is 24.3 Å². The van der Waals surface area contributed by atoms with E-state index in [0.717, 1.165) is 28.3 Å². The highest BCUT2D eigenvalue weighted by Crippen LogP contribution is 2.36. The lowest BCUT2D eigenvalue weighted by Gasteiger charge is -2.16. The van der Waals surface area contributed by atoms with Crippen molar-refractivity contribution in [1.82, 2.24) is 0 Å². The number of nitrogens with one attached hydrogen (secondary N) is 1. The first kappa shape index (κ1) is 18.3. The van der Waals surface area contributed by atoms with Crippen molar-refractivity contribution in [2.45, 2.75) is 13.2 Å². The zero-order chi connectivity index (χ0) is 19.3. The van der Waals surface area contributed by atoms with Crippen molar-refractivity contribution in [2.75, 3.05) is 19.2 Å². The van der Waals surface area contributed by atoms with E-state index in [1.807, 2.05) is 60.7 Å². The second-order valence-electron chi connectivity index (χ2n) is 6.29. The van der Waals surface area contributed by atoms with Gasteiger partial charge in [-0.1, -0.05) is 35.9 Å². The molecule has 0 saturated carbocycles. The van der Waals surface area contributed by atoms with Crippen LogP contribution in [-0.4, -0.2) is 13.9 Å². The highest BCUT2D eigenvalue weighted by molar-refractivity contribution is 6.30. The fourth-order valence-corrected chi connectivity index (χ4v) is 3.22. The van der Waals surface area contributed by atoms with E-state index in [1.54, 1.807) is 7.11 Å². The molecule has 0 unspecified atom stereocenters. The third kappa shape index (κ3) is 4.10. The van der Waals surface area contributed by atoms with Crippen LogP contribution in [0.1, 0.15) is 11.1 Å². The number of fused-ring (bicyclic) bond motifs is 1. The smallest absolute Gasteiger partial charge is 0.231 e. The molecule has 0 aromatic heterocycles. The van der Waals surface area contributed by atoms with Gasteiger partial charge in [0, 0.05) is 28.9 Å². The number of rotatable bonds is 7. The van der Waals surface area contributed by atoms with Crippen molar-refractivity contribution < 1.29 is 18.9 Å². The van der Waals surface area contributed by atoms with Crippen LogP contribution in [0.3, 0.4) is 0 Å². The number of ether oxygens (including phenoxy) is 4. The first-order valence-corrected chi connectivity index (χ1v) is 9.27. The minimum absolute atomic E-state index is 0.260. The number of benzene rings is 3. The van der Waals surface area contributed by atoms with E-state index in [1.165, 1.54) is 0 Å². The van der Waals surface area contributed by atoms with Crippen LogP contribution in [0.4, 0.5) is 5.69 Å². The second kappa shape index (κ2) is 8.31. The quantitative estimate of drug-likeness (QED) is 0.588. The molecule has 0 saturated heterocycles. The lowest BCUT2D eigenvalue weighted by Crippen LogP contribution is -2.05. The van der Waals surface area contributed by atoms with E-state index in [-0.39, 0.29) is 6.79 Å². The van der Waals surface area contributed by atoms with Crippen LogP contribution >= 0.6 is 11.6 Å². The Labute approximate surface area is 168 Å². The van der Waals surface area contributed by atoms with Gasteiger partial charge in [0.2, 0.25) is 6.79 Å². The summed E-state index contributed by atoms with van der Waals surface area (Å²) in [6.07, 6.45) is 0. The summed E-state index contributed by atoms with van der Waals surface area (Å²) in [5.74, 6) is 2.90. The van der Waals surface area contributed by atoms with Gasteiger partial charge in [-0.3, -0.25) is 0 Å². The molecule has 5 nitrogen and oxygen atoms in total. The Hall–Kier alpha value is -3.05. The molecule has 3 aromatic carbocycles. The lowest BCUT2D eigenvalue weighted by molar-refractivity contribution is 0.174. The molecular weight excluding hydrogens is 378 g/mol. The standard InChI is InChI=1S/C22H20ClNO4/c1-25-20-7-3-5-16(22(20)26-13-15-4-2-6-17(23)10-15)12-24-18-8-9-19-21(11-18)28-14-27-19/h2-11,24H,12-14H2,1H3. The molecule has 3 aromatic rings. The van der Waals surface area contributed by atoms with Gasteiger partial charge in [-0.05, 0) is 35.9 Å². The molecule has 1 aliphatic rings. The molecular formula is C22H20ClNO4. The van der Waals surface area contributed by atoms with Crippen LogP contribution in [0, 0.1) is 0 Å². The third-order valence-corrected chi connectivity index (χ3v) is 4.64. The molecule has 1 aliphatic heterocycles. The van der Waals surface area contributed by atoms with Crippen LogP contribution in [0.5, 0.6) is 23.0 Å². The van der Waals surface area contributed by atoms with E-state index in [0.29, 0.717) is 29.7 Å². The van der Waals surface area contributed by atoms with E-state index in [4.69, 9.17) is 30.5 Å². The fraction of sp³-hybridized carbons (Fsp3) is 0.182. The summed E-state index contributed by atoms with van der Waals surface area (Å²) >= 11 is 6.06. The molecule has 0 fully saturated rings. The predicted octanol–water partition coefficient (Wildman–Crippen LogP) is 5.27. The summed E-state index contributed by atoms with van der Waals surface area (Å²) in [6, 6.07) is 19.2. The number of hydrogen-bond acceptors (Lipinski definition) is 5. The molecule has 28 heavy (non-hydrogen) atoms. The number of anilines is 1. The summed E-state index contributed by atoms with van der Waals surface area (Å²) in [6.45, 7) is 1.23. The highest BCUT2D eigenvalue weighted by Gasteiger charge is 2.14. The van der Waals surface area contributed by atoms with Gasteiger partial charge in [0.15, 0.2) is 23.0 Å². The third-order valence-electron chi connectivity index (χ3n) is 4.41. The van der Waals surface area contributed by atoms with Crippen molar-refractivity contribution in [3.63, 3.8) is 0 Å². The molecule has 0 bridgehead atoms. The highest BCUT2D eigenvalue weighted by atomic mass is 35.5. The molecule has 1 N–H and O–H groups in total. The van der Waals surface area contributed by atoms with Crippen LogP contribution in [0.2, 0.25) is 5.02 Å². The van der Waals surface area contributed by atoms with Gasteiger partial charge in [0.25, 0.3) is 0 Å². The van der Waals surface area contributed by atoms with Gasteiger partial charge in [0.05, 0.1) is 7.11 Å². The van der Waals surface area contributed by atoms with E-state index < -0.39 is 0 Å². The lowest BCUT2D eigenvalue weighted by atomic mass is 10.1. The first-order chi connectivity index (χ1) is 13.7. The molecule has 0 spiro atoms. The van der Waals surface area contributed by atoms with E-state index >= 15 is 0 Å². The van der Waals surface area contributed by atoms with Crippen LogP contribution in [0.25, 0.3) is 0 Å². The average Bonchev–Trinajstić information content (AvgIpc) is 3.18. The zero-order valence-corrected chi connectivity index (χ0v) is 16.2. The van der Waals surface area contributed by atoms with Crippen molar-refractivity contribution in [3.05, 3.63) is 76.8 Å². The summed E-state index contributed by atoms with van der Waals surface area (Å²) in [4.78, 5) is 0. The van der Waals surface area contributed by atoms with Crippen LogP contribution in [-0.2, 0) is 13.2 Å². The molecule has 0 atom stereocenters. The number of para-hydroxylation sites is 1. The second-order valence-corrected chi connectivity index (χ2v) is 6.73. The summed E-state index contributed by atoms with van der Waals surface area (Å²) < 4.78 is 22.4. The van der Waals surface area contributed by atoms with Gasteiger partial charge in [-0.2, -0.15) is 0 Å². The first-order valence-electron chi connectivity index (χ1n) is 8.89. The van der Waals surface area contributed by atoms with E-state index in [2.05, 4.69) is 5.32 Å². The molecule has 144 valence electrons. The Morgan fingerprint density at radius 3 is 2.71 bits per heavy atom. The molecule has 0 amide bonds. The van der Waals surface area contributed by atoms with E-state index in [9.17, 15) is 0 Å². The molecule has 0 aliphatic carbocycles. The van der Waals surface area contributed by atoms with Crippen LogP contribution < -0.4 is 24.3 Å². The van der Waals surface area contributed by atoms with Crippen molar-refractivity contribution in [2.24, 2.45) is 0 Å². The monoisotopic (exact) mass is 397 g/mol. The zero-order valence-electron chi connectivity index (χ0n) is 15.4. The SMILES string of the molecule is COc1cccc(CNc2ccc3c(c2)OCO3)c1OCc1cccc(Cl)c1. The Morgan fingerprint density at radius 2 is 1.86 bits per heavy atom. The summed E-state index contributed by atoms with van der Waals surface area (Å²) in [5, 5.41) is 4.08. The Bertz CT molecular complexity index is 977. The number of methoxy groups -OCH3 is 1. The summed E-state index contributed by atoms with van der Waals surface area (Å²) in [7, 11) is 1.64. The van der Waals surface area contributed by atoms with Gasteiger partial charge in [-0.25, -0.2) is 0 Å². The maximum atomic E-state index is 6.09. The van der Waals surface area contributed by atoms with Crippen molar-refractivity contribution in [3.8, 4) is 23.0 Å². The average molecular weight is 398 g/mol. The summed E-state index contributed by atoms with van der Waals surface area (Å²) in [5.41, 5.74) is 2.92. The van der Waals surface area contributed by atoms with Gasteiger partial charge in [0.1, 0.15) is 6.61 Å². The minimum atomic E-state index is 0.260. The molecule has 0 radical (unpaired) electrons. The Kier molecular flexibility index (Phi) is 5.44. The fourth-order valence-electron chi connectivity index (χ4n) is 3.01. The van der Waals surface area contributed by atoms with Gasteiger partial charge in [-0.15, -0.1) is 0 Å². The maximum absolute atomic E-state index is 6.09. The topological polar surface area (TPSA) is 49.0 Å². The Balaban J connectivity index is 1.50. The molecule has 6 heteroatoms. The van der Waals surface area contributed by atoms with Crippen molar-refractivity contribution in [1.29, 1.82) is 0 Å². The Morgan fingerprint density at radius 1 is 1.00 bits per heavy atom. The normalized spacial score (nSPS) is 11.9. The van der Waals surface area contributed by atoms with Gasteiger partial charge >= 0.3 is 0 Å². The molecule has 4 rings (SSSR count). The minimum Gasteiger partial charge on any atom is -0.493 e. The predicted molar refractivity (Wildman–Crippen MR) is 109 cm³/mol. The number of halogens is 1. The van der Waals surface area contributed by atoms with Crippen LogP contribution in [0.15, 0.2) is 60.7 Å².